The molecule has 3 nitrogen and oxygen atoms in total. The molecule has 1 heterocycles. The second-order valence-corrected chi connectivity index (χ2v) is 6.93. The zero-order valence-electron chi connectivity index (χ0n) is 11.3. The highest BCUT2D eigenvalue weighted by Gasteiger charge is 2.34. The molecule has 1 aromatic carbocycles. The standard InChI is InChI=1S/C14H18BrNO2S/c1-9-7-16(8-14(2,3)18-9)13(17)11-5-4-10(15)6-12(11)19/h4-6,9,19H,7-8H2,1-3H3. The van der Waals surface area contributed by atoms with E-state index in [1.165, 1.54) is 0 Å². The van der Waals surface area contributed by atoms with Crippen molar-refractivity contribution in [1.29, 1.82) is 0 Å². The van der Waals surface area contributed by atoms with Crippen molar-refractivity contribution in [1.82, 2.24) is 4.90 Å². The number of hydrogen-bond acceptors (Lipinski definition) is 3. The van der Waals surface area contributed by atoms with Crippen LogP contribution in [0.4, 0.5) is 0 Å². The van der Waals surface area contributed by atoms with Crippen molar-refractivity contribution in [2.45, 2.75) is 37.4 Å². The number of carbonyl (C=O) groups is 1. The summed E-state index contributed by atoms with van der Waals surface area (Å²) < 4.78 is 6.74. The topological polar surface area (TPSA) is 29.5 Å². The molecule has 1 unspecified atom stereocenters. The van der Waals surface area contributed by atoms with E-state index in [2.05, 4.69) is 28.6 Å². The van der Waals surface area contributed by atoms with Crippen molar-refractivity contribution in [3.05, 3.63) is 28.2 Å². The number of morpholine rings is 1. The van der Waals surface area contributed by atoms with Crippen LogP contribution in [-0.2, 0) is 4.74 Å². The van der Waals surface area contributed by atoms with E-state index in [1.807, 2.05) is 43.9 Å². The average molecular weight is 344 g/mol. The van der Waals surface area contributed by atoms with Crippen molar-refractivity contribution in [2.24, 2.45) is 0 Å². The number of nitrogens with zero attached hydrogens (tertiary/aromatic N) is 1. The Morgan fingerprint density at radius 3 is 2.79 bits per heavy atom. The molecular weight excluding hydrogens is 326 g/mol. The average Bonchev–Trinajstić information content (AvgIpc) is 2.25. The molecule has 0 aromatic heterocycles. The Labute approximate surface area is 127 Å². The highest BCUT2D eigenvalue weighted by atomic mass is 79.9. The van der Waals surface area contributed by atoms with Gasteiger partial charge in [-0.05, 0) is 39.0 Å². The Hall–Kier alpha value is -0.520. The van der Waals surface area contributed by atoms with Gasteiger partial charge in [-0.2, -0.15) is 0 Å². The summed E-state index contributed by atoms with van der Waals surface area (Å²) in [6.45, 7) is 7.22. The fraction of sp³-hybridized carbons (Fsp3) is 0.500. The fourth-order valence-corrected chi connectivity index (χ4v) is 3.31. The highest BCUT2D eigenvalue weighted by molar-refractivity contribution is 9.10. The minimum atomic E-state index is -0.306. The molecule has 104 valence electrons. The van der Waals surface area contributed by atoms with Crippen molar-refractivity contribution >= 4 is 34.5 Å². The minimum Gasteiger partial charge on any atom is -0.369 e. The molecule has 2 rings (SSSR count). The maximum absolute atomic E-state index is 12.6. The first-order valence-corrected chi connectivity index (χ1v) is 7.48. The van der Waals surface area contributed by atoms with Crippen LogP contribution in [0.2, 0.25) is 0 Å². The van der Waals surface area contributed by atoms with Crippen LogP contribution in [0.3, 0.4) is 0 Å². The second kappa shape index (κ2) is 5.46. The lowest BCUT2D eigenvalue weighted by molar-refractivity contribution is -0.118. The number of rotatable bonds is 1. The third-order valence-corrected chi connectivity index (χ3v) is 3.91. The summed E-state index contributed by atoms with van der Waals surface area (Å²) in [5.74, 6) is 0.0146. The summed E-state index contributed by atoms with van der Waals surface area (Å²) in [6.07, 6.45) is 0.0477. The molecule has 1 amide bonds. The lowest BCUT2D eigenvalue weighted by Gasteiger charge is -2.41. The molecule has 0 bridgehead atoms. The van der Waals surface area contributed by atoms with Crippen molar-refractivity contribution in [2.75, 3.05) is 13.1 Å². The van der Waals surface area contributed by atoms with Gasteiger partial charge in [0.1, 0.15) is 0 Å². The van der Waals surface area contributed by atoms with Gasteiger partial charge in [-0.15, -0.1) is 12.6 Å². The van der Waals surface area contributed by atoms with Gasteiger partial charge in [-0.1, -0.05) is 15.9 Å². The predicted octanol–water partition coefficient (Wildman–Crippen LogP) is 3.38. The lowest BCUT2D eigenvalue weighted by Crippen LogP contribution is -2.53. The van der Waals surface area contributed by atoms with Crippen molar-refractivity contribution in [3.8, 4) is 0 Å². The fourth-order valence-electron chi connectivity index (χ4n) is 2.46. The van der Waals surface area contributed by atoms with Crippen LogP contribution in [0.5, 0.6) is 0 Å². The van der Waals surface area contributed by atoms with E-state index >= 15 is 0 Å². The highest BCUT2D eigenvalue weighted by Crippen LogP contribution is 2.25. The van der Waals surface area contributed by atoms with Crippen LogP contribution in [0.25, 0.3) is 0 Å². The summed E-state index contributed by atoms with van der Waals surface area (Å²) in [6, 6.07) is 5.51. The molecular formula is C14H18BrNO2S. The van der Waals surface area contributed by atoms with E-state index < -0.39 is 0 Å². The van der Waals surface area contributed by atoms with Gasteiger partial charge >= 0.3 is 0 Å². The van der Waals surface area contributed by atoms with Crippen LogP contribution in [0, 0.1) is 0 Å². The molecule has 19 heavy (non-hydrogen) atoms. The Balaban J connectivity index is 2.24. The molecule has 1 aliphatic rings. The number of benzene rings is 1. The van der Waals surface area contributed by atoms with Crippen LogP contribution in [0.1, 0.15) is 31.1 Å². The minimum absolute atomic E-state index is 0.0146. The van der Waals surface area contributed by atoms with Gasteiger partial charge in [0.05, 0.1) is 17.3 Å². The third kappa shape index (κ3) is 3.52. The smallest absolute Gasteiger partial charge is 0.255 e. The summed E-state index contributed by atoms with van der Waals surface area (Å²) in [5, 5.41) is 0. The van der Waals surface area contributed by atoms with E-state index in [0.717, 1.165) is 4.47 Å². The second-order valence-electron chi connectivity index (χ2n) is 5.54. The number of thiol groups is 1. The molecule has 1 aliphatic heterocycles. The van der Waals surface area contributed by atoms with Gasteiger partial charge in [0, 0.05) is 22.5 Å². The summed E-state index contributed by atoms with van der Waals surface area (Å²) in [7, 11) is 0. The Morgan fingerprint density at radius 2 is 2.21 bits per heavy atom. The van der Waals surface area contributed by atoms with Gasteiger partial charge in [0.15, 0.2) is 0 Å². The number of amides is 1. The molecule has 0 spiro atoms. The van der Waals surface area contributed by atoms with Crippen LogP contribution < -0.4 is 0 Å². The first-order chi connectivity index (χ1) is 8.78. The normalized spacial score (nSPS) is 22.4. The summed E-state index contributed by atoms with van der Waals surface area (Å²) in [5.41, 5.74) is 0.329. The molecule has 0 saturated carbocycles. The van der Waals surface area contributed by atoms with Crippen LogP contribution in [0.15, 0.2) is 27.6 Å². The summed E-state index contributed by atoms with van der Waals surface area (Å²) >= 11 is 7.76. The van der Waals surface area contributed by atoms with E-state index in [4.69, 9.17) is 4.74 Å². The number of carbonyl (C=O) groups excluding carboxylic acids is 1. The summed E-state index contributed by atoms with van der Waals surface area (Å²) in [4.78, 5) is 15.1. The van der Waals surface area contributed by atoms with Gasteiger partial charge in [0.2, 0.25) is 0 Å². The third-order valence-electron chi connectivity index (χ3n) is 3.05. The number of ether oxygens (including phenoxy) is 1. The molecule has 0 N–H and O–H groups in total. The van der Waals surface area contributed by atoms with Crippen LogP contribution in [-0.4, -0.2) is 35.6 Å². The van der Waals surface area contributed by atoms with E-state index in [-0.39, 0.29) is 17.6 Å². The van der Waals surface area contributed by atoms with E-state index in [9.17, 15) is 4.79 Å². The quantitative estimate of drug-likeness (QED) is 0.792. The molecule has 5 heteroatoms. The van der Waals surface area contributed by atoms with Gasteiger partial charge < -0.3 is 9.64 Å². The Bertz CT molecular complexity index is 504. The van der Waals surface area contributed by atoms with Crippen molar-refractivity contribution < 1.29 is 9.53 Å². The lowest BCUT2D eigenvalue weighted by atomic mass is 10.0. The van der Waals surface area contributed by atoms with E-state index in [1.54, 1.807) is 0 Å². The maximum atomic E-state index is 12.6. The Morgan fingerprint density at radius 1 is 1.53 bits per heavy atom. The first kappa shape index (κ1) is 14.9. The van der Waals surface area contributed by atoms with Gasteiger partial charge in [-0.3, -0.25) is 4.79 Å². The molecule has 0 aliphatic carbocycles. The molecule has 1 saturated heterocycles. The number of hydrogen-bond donors (Lipinski definition) is 1. The molecule has 1 atom stereocenters. The van der Waals surface area contributed by atoms with Gasteiger partial charge in [-0.25, -0.2) is 0 Å². The maximum Gasteiger partial charge on any atom is 0.255 e. The first-order valence-electron chi connectivity index (χ1n) is 6.24. The number of halogens is 1. The molecule has 1 fully saturated rings. The zero-order valence-corrected chi connectivity index (χ0v) is 13.8. The molecule has 1 aromatic rings. The predicted molar refractivity (Wildman–Crippen MR) is 81.9 cm³/mol. The van der Waals surface area contributed by atoms with Crippen LogP contribution >= 0.6 is 28.6 Å². The van der Waals surface area contributed by atoms with Crippen molar-refractivity contribution in [3.63, 3.8) is 0 Å². The molecule has 0 radical (unpaired) electrons. The Kier molecular flexibility index (Phi) is 4.28. The monoisotopic (exact) mass is 343 g/mol. The largest absolute Gasteiger partial charge is 0.369 e. The SMILES string of the molecule is CC1CN(C(=O)c2ccc(Br)cc2S)CC(C)(C)O1. The van der Waals surface area contributed by atoms with Gasteiger partial charge in [0.25, 0.3) is 5.91 Å². The zero-order chi connectivity index (χ0) is 14.2. The van der Waals surface area contributed by atoms with E-state index in [0.29, 0.717) is 23.5 Å².